The summed E-state index contributed by atoms with van der Waals surface area (Å²) in [7, 11) is 0. The maximum Gasteiger partial charge on any atom is 0.207 e. The Balaban J connectivity index is 1.78. The number of hydrogen-bond acceptors (Lipinski definition) is 3. The van der Waals surface area contributed by atoms with Gasteiger partial charge in [0.2, 0.25) is 5.11 Å². The van der Waals surface area contributed by atoms with Crippen LogP contribution in [0.2, 0.25) is 10.0 Å². The lowest BCUT2D eigenvalue weighted by Gasteiger charge is -2.01. The molecule has 0 amide bonds. The van der Waals surface area contributed by atoms with E-state index in [1.807, 2.05) is 24.3 Å². The van der Waals surface area contributed by atoms with E-state index < -0.39 is 0 Å². The van der Waals surface area contributed by atoms with Crippen molar-refractivity contribution in [3.8, 4) is 0 Å². The van der Waals surface area contributed by atoms with E-state index in [0.29, 0.717) is 10.0 Å². The molecule has 4 nitrogen and oxygen atoms in total. The second-order valence-corrected chi connectivity index (χ2v) is 5.45. The summed E-state index contributed by atoms with van der Waals surface area (Å²) in [6, 6.07) is 14.5. The number of hydrogen-bond donors (Lipinski definition) is 2. The fourth-order valence-corrected chi connectivity index (χ4v) is 1.81. The first kappa shape index (κ1) is 16.4. The van der Waals surface area contributed by atoms with Gasteiger partial charge in [-0.15, -0.1) is 0 Å². The highest BCUT2D eigenvalue weighted by molar-refractivity contribution is 7.80. The van der Waals surface area contributed by atoms with Crippen LogP contribution in [0.1, 0.15) is 11.1 Å². The van der Waals surface area contributed by atoms with Gasteiger partial charge in [-0.1, -0.05) is 47.5 Å². The molecule has 0 aliphatic heterocycles. The molecule has 0 bridgehead atoms. The summed E-state index contributed by atoms with van der Waals surface area (Å²) in [4.78, 5) is 0. The molecule has 0 aliphatic rings. The zero-order valence-electron chi connectivity index (χ0n) is 11.3. The molecule has 2 N–H and O–H groups in total. The van der Waals surface area contributed by atoms with E-state index >= 15 is 0 Å². The van der Waals surface area contributed by atoms with Gasteiger partial charge in [-0.3, -0.25) is 10.9 Å². The molecule has 0 heterocycles. The van der Waals surface area contributed by atoms with Crippen LogP contribution in [-0.2, 0) is 0 Å². The summed E-state index contributed by atoms with van der Waals surface area (Å²) >= 11 is 16.6. The third-order valence-corrected chi connectivity index (χ3v) is 3.19. The third-order valence-electron chi connectivity index (χ3n) is 2.50. The van der Waals surface area contributed by atoms with Gasteiger partial charge in [-0.2, -0.15) is 10.2 Å². The van der Waals surface area contributed by atoms with Crippen LogP contribution in [0.25, 0.3) is 0 Å². The number of benzene rings is 2. The minimum absolute atomic E-state index is 0.287. The number of nitrogens with one attached hydrogen (secondary N) is 2. The minimum atomic E-state index is 0.287. The summed E-state index contributed by atoms with van der Waals surface area (Å²) in [6.07, 6.45) is 3.26. The fraction of sp³-hybridized carbons (Fsp3) is 0. The molecule has 112 valence electrons. The molecule has 0 radical (unpaired) electrons. The first-order valence-electron chi connectivity index (χ1n) is 6.27. The predicted octanol–water partition coefficient (Wildman–Crippen LogP) is 3.83. The molecule has 2 aromatic rings. The van der Waals surface area contributed by atoms with E-state index in [1.54, 1.807) is 36.7 Å². The van der Waals surface area contributed by atoms with Crippen molar-refractivity contribution in [3.05, 3.63) is 69.7 Å². The molecule has 7 heteroatoms. The van der Waals surface area contributed by atoms with Crippen LogP contribution in [0.4, 0.5) is 0 Å². The molecule has 0 aromatic heterocycles. The predicted molar refractivity (Wildman–Crippen MR) is 97.0 cm³/mol. The van der Waals surface area contributed by atoms with Crippen LogP contribution in [0.3, 0.4) is 0 Å². The topological polar surface area (TPSA) is 48.8 Å². The van der Waals surface area contributed by atoms with Gasteiger partial charge in [0.1, 0.15) is 0 Å². The molecule has 22 heavy (non-hydrogen) atoms. The van der Waals surface area contributed by atoms with Crippen LogP contribution in [0, 0.1) is 0 Å². The van der Waals surface area contributed by atoms with Gasteiger partial charge in [-0.25, -0.2) is 0 Å². The Morgan fingerprint density at radius 1 is 0.773 bits per heavy atom. The molecule has 0 fully saturated rings. The fourth-order valence-electron chi connectivity index (χ4n) is 1.45. The summed E-state index contributed by atoms with van der Waals surface area (Å²) in [6.45, 7) is 0. The maximum atomic E-state index is 5.80. The Labute approximate surface area is 143 Å². The van der Waals surface area contributed by atoms with Crippen molar-refractivity contribution in [1.82, 2.24) is 10.9 Å². The first-order chi connectivity index (χ1) is 10.6. The lowest BCUT2D eigenvalue weighted by Crippen LogP contribution is -2.28. The summed E-state index contributed by atoms with van der Waals surface area (Å²) in [5, 5.41) is 9.64. The maximum absolute atomic E-state index is 5.80. The zero-order valence-corrected chi connectivity index (χ0v) is 13.7. The van der Waals surface area contributed by atoms with Crippen molar-refractivity contribution in [2.45, 2.75) is 0 Å². The minimum Gasteiger partial charge on any atom is -0.252 e. The molecule has 0 atom stereocenters. The van der Waals surface area contributed by atoms with Crippen LogP contribution in [-0.4, -0.2) is 17.5 Å². The summed E-state index contributed by atoms with van der Waals surface area (Å²) in [5.41, 5.74) is 7.14. The van der Waals surface area contributed by atoms with Gasteiger partial charge in [0.25, 0.3) is 0 Å². The van der Waals surface area contributed by atoms with Crippen molar-refractivity contribution in [1.29, 1.82) is 0 Å². The number of thiocarbonyl (C=S) groups is 1. The van der Waals surface area contributed by atoms with E-state index in [2.05, 4.69) is 21.1 Å². The lowest BCUT2D eigenvalue weighted by molar-refractivity contribution is 0.935. The van der Waals surface area contributed by atoms with E-state index in [0.717, 1.165) is 11.1 Å². The third kappa shape index (κ3) is 5.81. The number of hydrazone groups is 2. The Morgan fingerprint density at radius 2 is 1.14 bits per heavy atom. The molecule has 0 saturated heterocycles. The first-order valence-corrected chi connectivity index (χ1v) is 7.43. The molecule has 0 unspecified atom stereocenters. The zero-order chi connectivity index (χ0) is 15.8. The summed E-state index contributed by atoms with van der Waals surface area (Å²) < 4.78 is 0. The highest BCUT2D eigenvalue weighted by Gasteiger charge is 1.92. The van der Waals surface area contributed by atoms with Crippen LogP contribution < -0.4 is 10.9 Å². The lowest BCUT2D eigenvalue weighted by atomic mass is 10.2. The van der Waals surface area contributed by atoms with Crippen molar-refractivity contribution in [2.24, 2.45) is 10.2 Å². The van der Waals surface area contributed by atoms with E-state index in [1.165, 1.54) is 0 Å². The van der Waals surface area contributed by atoms with Crippen LogP contribution in [0.15, 0.2) is 58.7 Å². The SMILES string of the molecule is S=C(N/N=C\c1ccc(Cl)cc1)N/N=C/c1ccc(Cl)cc1. The van der Waals surface area contributed by atoms with Gasteiger partial charge in [0.15, 0.2) is 0 Å². The molecular formula is C15H12Cl2N4S. The van der Waals surface area contributed by atoms with Gasteiger partial charge in [0, 0.05) is 10.0 Å². The molecule has 0 spiro atoms. The van der Waals surface area contributed by atoms with Gasteiger partial charge < -0.3 is 0 Å². The Bertz CT molecular complexity index is 622. The Hall–Kier alpha value is -1.95. The molecule has 0 saturated carbocycles. The van der Waals surface area contributed by atoms with Gasteiger partial charge in [0.05, 0.1) is 12.4 Å². The standard InChI is InChI=1S/C15H12Cl2N4S/c16-13-5-1-11(2-6-13)9-18-20-15(22)21-19-10-12-3-7-14(17)8-4-12/h1-10H,(H2,20,21,22)/b18-9-,19-10+. The van der Waals surface area contributed by atoms with Crippen LogP contribution >= 0.6 is 35.4 Å². The quantitative estimate of drug-likeness (QED) is 0.500. The molecular weight excluding hydrogens is 339 g/mol. The van der Waals surface area contributed by atoms with Crippen molar-refractivity contribution >= 4 is 53.0 Å². The van der Waals surface area contributed by atoms with E-state index in [-0.39, 0.29) is 5.11 Å². The number of nitrogens with zero attached hydrogens (tertiary/aromatic N) is 2. The number of halogens is 2. The van der Waals surface area contributed by atoms with E-state index in [9.17, 15) is 0 Å². The second-order valence-electron chi connectivity index (χ2n) is 4.17. The number of rotatable bonds is 4. The van der Waals surface area contributed by atoms with Gasteiger partial charge in [-0.05, 0) is 47.6 Å². The second kappa shape index (κ2) is 8.48. The monoisotopic (exact) mass is 350 g/mol. The average Bonchev–Trinajstić information content (AvgIpc) is 2.51. The van der Waals surface area contributed by atoms with E-state index in [4.69, 9.17) is 35.4 Å². The molecule has 2 aromatic carbocycles. The van der Waals surface area contributed by atoms with Crippen LogP contribution in [0.5, 0.6) is 0 Å². The highest BCUT2D eigenvalue weighted by atomic mass is 35.5. The van der Waals surface area contributed by atoms with Crippen molar-refractivity contribution in [2.75, 3.05) is 0 Å². The van der Waals surface area contributed by atoms with Crippen molar-refractivity contribution in [3.63, 3.8) is 0 Å². The Morgan fingerprint density at radius 3 is 1.50 bits per heavy atom. The molecule has 0 aliphatic carbocycles. The smallest absolute Gasteiger partial charge is 0.207 e. The Kier molecular flexibility index (Phi) is 6.33. The molecule has 2 rings (SSSR count). The summed E-state index contributed by atoms with van der Waals surface area (Å²) in [5.74, 6) is 0. The normalized spacial score (nSPS) is 11.0. The highest BCUT2D eigenvalue weighted by Crippen LogP contribution is 2.08. The average molecular weight is 351 g/mol. The van der Waals surface area contributed by atoms with Crippen molar-refractivity contribution < 1.29 is 0 Å². The van der Waals surface area contributed by atoms with Gasteiger partial charge >= 0.3 is 0 Å². The largest absolute Gasteiger partial charge is 0.252 e.